The molecule has 1 aliphatic rings. The van der Waals surface area contributed by atoms with Gasteiger partial charge >= 0.3 is 0 Å². The molecule has 2 N–H and O–H groups in total. The maximum atomic E-state index is 5.87. The third kappa shape index (κ3) is 3.20. The molecule has 0 bridgehead atoms. The summed E-state index contributed by atoms with van der Waals surface area (Å²) < 4.78 is 1.86. The van der Waals surface area contributed by atoms with Crippen molar-refractivity contribution in [3.05, 3.63) is 30.1 Å². The van der Waals surface area contributed by atoms with Gasteiger partial charge in [0.25, 0.3) is 0 Å². The monoisotopic (exact) mass is 346 g/mol. The largest absolute Gasteiger partial charge is 0.355 e. The number of nitrogens with zero attached hydrogens (tertiary/aromatic N) is 6. The molecule has 1 aliphatic heterocycles. The van der Waals surface area contributed by atoms with Gasteiger partial charge in [0, 0.05) is 31.9 Å². The summed E-state index contributed by atoms with van der Waals surface area (Å²) in [7, 11) is 0. The van der Waals surface area contributed by atoms with E-state index < -0.39 is 0 Å². The molecule has 4 rings (SSSR count). The summed E-state index contributed by atoms with van der Waals surface area (Å²) in [5, 5.41) is 8.47. The first-order valence-corrected chi connectivity index (χ1v) is 8.48. The molecule has 4 heterocycles. The van der Waals surface area contributed by atoms with Crippen LogP contribution in [0.25, 0.3) is 11.2 Å². The van der Waals surface area contributed by atoms with Gasteiger partial charge in [-0.25, -0.2) is 15.0 Å². The second-order valence-electron chi connectivity index (χ2n) is 5.94. The molecule has 0 amide bonds. The highest BCUT2D eigenvalue weighted by atomic mass is 35.5. The van der Waals surface area contributed by atoms with E-state index in [0.29, 0.717) is 11.1 Å². The Balaban J connectivity index is 1.29. The zero-order valence-electron chi connectivity index (χ0n) is 13.2. The van der Waals surface area contributed by atoms with Gasteiger partial charge in [0.05, 0.1) is 24.1 Å². The SMILES string of the molecule is Clc1cnn(CCNC2CCN(c3ncnc4nc[nH]c34)CC2)c1. The number of aromatic amines is 1. The van der Waals surface area contributed by atoms with Gasteiger partial charge in [0.1, 0.15) is 11.8 Å². The Morgan fingerprint density at radius 3 is 2.92 bits per heavy atom. The van der Waals surface area contributed by atoms with Gasteiger partial charge < -0.3 is 15.2 Å². The van der Waals surface area contributed by atoms with Gasteiger partial charge in [-0.3, -0.25) is 4.68 Å². The molecule has 0 saturated carbocycles. The predicted molar refractivity (Wildman–Crippen MR) is 92.2 cm³/mol. The van der Waals surface area contributed by atoms with Crippen molar-refractivity contribution in [1.29, 1.82) is 0 Å². The molecule has 0 atom stereocenters. The van der Waals surface area contributed by atoms with Crippen LogP contribution in [-0.4, -0.2) is 55.4 Å². The summed E-state index contributed by atoms with van der Waals surface area (Å²) >= 11 is 5.87. The smallest absolute Gasteiger partial charge is 0.182 e. The van der Waals surface area contributed by atoms with Crippen molar-refractivity contribution in [1.82, 2.24) is 35.0 Å². The first kappa shape index (κ1) is 15.3. The third-order valence-electron chi connectivity index (χ3n) is 4.37. The summed E-state index contributed by atoms with van der Waals surface area (Å²) in [6.45, 7) is 3.65. The second-order valence-corrected chi connectivity index (χ2v) is 6.37. The van der Waals surface area contributed by atoms with E-state index in [1.54, 1.807) is 18.9 Å². The van der Waals surface area contributed by atoms with Crippen LogP contribution in [0.2, 0.25) is 5.02 Å². The maximum Gasteiger partial charge on any atom is 0.182 e. The Labute approximate surface area is 144 Å². The first-order valence-electron chi connectivity index (χ1n) is 8.10. The Bertz CT molecular complexity index is 805. The van der Waals surface area contributed by atoms with E-state index >= 15 is 0 Å². The van der Waals surface area contributed by atoms with Crippen LogP contribution < -0.4 is 10.2 Å². The number of aromatic nitrogens is 6. The molecule has 0 aliphatic carbocycles. The molecule has 8 nitrogen and oxygen atoms in total. The molecule has 24 heavy (non-hydrogen) atoms. The average Bonchev–Trinajstić information content (AvgIpc) is 3.24. The number of rotatable bonds is 5. The number of hydrogen-bond acceptors (Lipinski definition) is 6. The van der Waals surface area contributed by atoms with Gasteiger partial charge in [-0.05, 0) is 12.8 Å². The van der Waals surface area contributed by atoms with E-state index in [0.717, 1.165) is 56.0 Å². The fourth-order valence-electron chi connectivity index (χ4n) is 3.13. The van der Waals surface area contributed by atoms with Crippen molar-refractivity contribution in [2.75, 3.05) is 24.5 Å². The molecule has 3 aromatic rings. The predicted octanol–water partition coefficient (Wildman–Crippen LogP) is 1.46. The molecule has 0 radical (unpaired) electrons. The molecule has 0 unspecified atom stereocenters. The van der Waals surface area contributed by atoms with E-state index in [9.17, 15) is 0 Å². The zero-order valence-corrected chi connectivity index (χ0v) is 13.9. The van der Waals surface area contributed by atoms with Crippen molar-refractivity contribution < 1.29 is 0 Å². The van der Waals surface area contributed by atoms with Gasteiger partial charge in [-0.2, -0.15) is 5.10 Å². The van der Waals surface area contributed by atoms with E-state index in [4.69, 9.17) is 11.6 Å². The highest BCUT2D eigenvalue weighted by Crippen LogP contribution is 2.23. The number of fused-ring (bicyclic) bond motifs is 1. The molecular weight excluding hydrogens is 328 g/mol. The van der Waals surface area contributed by atoms with Crippen LogP contribution in [0.4, 0.5) is 5.82 Å². The minimum Gasteiger partial charge on any atom is -0.355 e. The molecular formula is C15H19ClN8. The number of H-pyrrole nitrogens is 1. The lowest BCUT2D eigenvalue weighted by Gasteiger charge is -2.33. The van der Waals surface area contributed by atoms with Crippen LogP contribution in [0, 0.1) is 0 Å². The number of hydrogen-bond donors (Lipinski definition) is 2. The van der Waals surface area contributed by atoms with E-state index in [1.807, 2.05) is 10.9 Å². The number of halogens is 1. The molecule has 9 heteroatoms. The van der Waals surface area contributed by atoms with Crippen molar-refractivity contribution in [2.24, 2.45) is 0 Å². The highest BCUT2D eigenvalue weighted by molar-refractivity contribution is 6.30. The van der Waals surface area contributed by atoms with Gasteiger partial charge in [-0.1, -0.05) is 11.6 Å². The Morgan fingerprint density at radius 1 is 1.25 bits per heavy atom. The molecule has 126 valence electrons. The normalized spacial score (nSPS) is 16.1. The first-order chi connectivity index (χ1) is 11.8. The van der Waals surface area contributed by atoms with Gasteiger partial charge in [-0.15, -0.1) is 0 Å². The fraction of sp³-hybridized carbons (Fsp3) is 0.467. The van der Waals surface area contributed by atoms with Crippen molar-refractivity contribution in [2.45, 2.75) is 25.4 Å². The maximum absolute atomic E-state index is 5.87. The molecule has 3 aromatic heterocycles. The van der Waals surface area contributed by atoms with Crippen molar-refractivity contribution >= 4 is 28.6 Å². The minimum absolute atomic E-state index is 0.520. The van der Waals surface area contributed by atoms with Gasteiger partial charge in [0.15, 0.2) is 11.5 Å². The topological polar surface area (TPSA) is 87.6 Å². The second kappa shape index (κ2) is 6.74. The summed E-state index contributed by atoms with van der Waals surface area (Å²) in [4.78, 5) is 18.2. The van der Waals surface area contributed by atoms with E-state index in [2.05, 4.69) is 35.3 Å². The van der Waals surface area contributed by atoms with Crippen LogP contribution in [-0.2, 0) is 6.54 Å². The quantitative estimate of drug-likeness (QED) is 0.727. The number of imidazole rings is 1. The Hall–Kier alpha value is -2.19. The lowest BCUT2D eigenvalue weighted by atomic mass is 10.1. The van der Waals surface area contributed by atoms with Crippen LogP contribution in [0.3, 0.4) is 0 Å². The van der Waals surface area contributed by atoms with Crippen LogP contribution in [0.1, 0.15) is 12.8 Å². The fourth-order valence-corrected chi connectivity index (χ4v) is 3.29. The molecule has 1 saturated heterocycles. The zero-order chi connectivity index (χ0) is 16.4. The molecule has 0 spiro atoms. The van der Waals surface area contributed by atoms with Crippen LogP contribution in [0.5, 0.6) is 0 Å². The summed E-state index contributed by atoms with van der Waals surface area (Å²) in [5.41, 5.74) is 1.64. The lowest BCUT2D eigenvalue weighted by Crippen LogP contribution is -2.43. The number of anilines is 1. The van der Waals surface area contributed by atoms with Crippen LogP contribution >= 0.6 is 11.6 Å². The molecule has 1 fully saturated rings. The molecule has 0 aromatic carbocycles. The van der Waals surface area contributed by atoms with Crippen LogP contribution in [0.15, 0.2) is 25.0 Å². The Kier molecular flexibility index (Phi) is 4.31. The third-order valence-corrected chi connectivity index (χ3v) is 4.57. The van der Waals surface area contributed by atoms with Crippen molar-refractivity contribution in [3.63, 3.8) is 0 Å². The number of nitrogens with one attached hydrogen (secondary N) is 2. The van der Waals surface area contributed by atoms with E-state index in [-0.39, 0.29) is 0 Å². The van der Waals surface area contributed by atoms with Gasteiger partial charge in [0.2, 0.25) is 0 Å². The standard InChI is InChI=1S/C15H19ClN8/c16-11-7-22-24(8-11)6-3-17-12-1-4-23(5-2-12)15-13-14(19-9-18-13)20-10-21-15/h7-10,12,17H,1-6H2,(H,18,19,20,21). The Morgan fingerprint density at radius 2 is 2.12 bits per heavy atom. The summed E-state index contributed by atoms with van der Waals surface area (Å²) in [6.07, 6.45) is 8.92. The lowest BCUT2D eigenvalue weighted by molar-refractivity contribution is 0.400. The summed E-state index contributed by atoms with van der Waals surface area (Å²) in [6, 6.07) is 0.520. The van der Waals surface area contributed by atoms with Crippen molar-refractivity contribution in [3.8, 4) is 0 Å². The van der Waals surface area contributed by atoms with E-state index in [1.165, 1.54) is 0 Å². The number of piperidine rings is 1. The average molecular weight is 347 g/mol. The summed E-state index contributed by atoms with van der Waals surface area (Å²) in [5.74, 6) is 0.946. The minimum atomic E-state index is 0.520. The highest BCUT2D eigenvalue weighted by Gasteiger charge is 2.21.